The molecule has 1 atom stereocenters. The van der Waals surface area contributed by atoms with Crippen LogP contribution in [0.3, 0.4) is 0 Å². The van der Waals surface area contributed by atoms with Gasteiger partial charge in [-0.15, -0.1) is 0 Å². The molecule has 0 aliphatic rings. The number of carbonyl (C=O) groups is 4. The minimum Gasteiger partial charge on any atom is -0.382 e. The first kappa shape index (κ1) is 38.9. The van der Waals surface area contributed by atoms with Gasteiger partial charge in [-0.3, -0.25) is 39.8 Å². The van der Waals surface area contributed by atoms with E-state index in [0.29, 0.717) is 19.4 Å². The van der Waals surface area contributed by atoms with E-state index in [-0.39, 0.29) is 94.6 Å². The zero-order chi connectivity index (χ0) is 36.2. The second-order valence-electron chi connectivity index (χ2n) is 11.2. The predicted octanol–water partition coefficient (Wildman–Crippen LogP) is -1.10. The fraction of sp³-hybridized carbons (Fsp3) is 0.462. The van der Waals surface area contributed by atoms with Gasteiger partial charge >= 0.3 is 0 Å². The van der Waals surface area contributed by atoms with Crippen molar-refractivity contribution in [2.45, 2.75) is 52.5 Å². The third-order valence-electron chi connectivity index (χ3n) is 6.17. The van der Waals surface area contributed by atoms with Crippen molar-refractivity contribution in [3.63, 3.8) is 0 Å². The van der Waals surface area contributed by atoms with Crippen LogP contribution in [0.5, 0.6) is 0 Å². The molecule has 2 heterocycles. The van der Waals surface area contributed by atoms with Gasteiger partial charge in [-0.1, -0.05) is 44.0 Å². The highest BCUT2D eigenvalue weighted by molar-refractivity contribution is 6.32. The SMILES string of the molecule is CC(C)(C)[C@@H](NC(=O)CCCN=C(N)NC(=O)c1nc(Cl)c(N)nc1N)C(=O)NCCCCN=C(N)NC(=O)c1nc(Cl)c(N)nc1N. The summed E-state index contributed by atoms with van der Waals surface area (Å²) in [5.74, 6) is -3.38. The molecule has 0 fully saturated rings. The van der Waals surface area contributed by atoms with Crippen LogP contribution in [0.2, 0.25) is 10.3 Å². The number of nitrogen functional groups attached to an aromatic ring is 4. The molecule has 0 aliphatic heterocycles. The first-order valence-electron chi connectivity index (χ1n) is 14.4. The number of anilines is 4. The normalized spacial score (nSPS) is 12.6. The molecule has 0 unspecified atom stereocenters. The molecule has 4 amide bonds. The third kappa shape index (κ3) is 12.2. The van der Waals surface area contributed by atoms with E-state index < -0.39 is 23.3 Å². The summed E-state index contributed by atoms with van der Waals surface area (Å²) in [4.78, 5) is 73.3. The smallest absolute Gasteiger partial charge is 0.280 e. The van der Waals surface area contributed by atoms with Crippen LogP contribution in [0.1, 0.15) is 67.4 Å². The molecule has 48 heavy (non-hydrogen) atoms. The molecular formula is C26H40Cl2N16O4. The Morgan fingerprint density at radius 2 is 1.19 bits per heavy atom. The number of guanidine groups is 2. The molecule has 2 rings (SSSR count). The van der Waals surface area contributed by atoms with Crippen LogP contribution in [0, 0.1) is 5.41 Å². The lowest BCUT2D eigenvalue weighted by Crippen LogP contribution is -2.53. The Morgan fingerprint density at radius 3 is 1.65 bits per heavy atom. The molecule has 2 aromatic rings. The van der Waals surface area contributed by atoms with Crippen LogP contribution in [0.4, 0.5) is 23.3 Å². The van der Waals surface area contributed by atoms with Crippen LogP contribution < -0.4 is 55.7 Å². The van der Waals surface area contributed by atoms with Gasteiger partial charge in [-0.25, -0.2) is 19.9 Å². The summed E-state index contributed by atoms with van der Waals surface area (Å²) in [6, 6.07) is -0.822. The maximum Gasteiger partial charge on any atom is 0.280 e. The molecule has 0 aromatic carbocycles. The molecule has 0 saturated heterocycles. The Labute approximate surface area is 285 Å². The number of hydrogen-bond donors (Lipinski definition) is 10. The molecule has 2 aromatic heterocycles. The molecule has 0 saturated carbocycles. The molecule has 0 radical (unpaired) electrons. The van der Waals surface area contributed by atoms with Gasteiger partial charge in [-0.05, 0) is 24.7 Å². The standard InChI is InChI=1S/C26H40Cl2N16O4/c1-26(2,3)14(38-11(45)7-6-10-37-25(34)44-22(47)13-18(30)42-20(32)16(28)40-13)23(48)35-8-4-5-9-36-24(33)43-21(46)12-17(29)41-19(31)15(27)39-12/h14H,4-10H2,1-3H3,(H,35,48)(H,38,45)(H4,29,31,41)(H4,30,32,42)(H3,33,36,43,46)(H3,34,37,44,47)/t14-/m0/s1. The molecular weight excluding hydrogens is 671 g/mol. The molecule has 262 valence electrons. The Balaban J connectivity index is 1.75. The lowest BCUT2D eigenvalue weighted by molar-refractivity contribution is -0.131. The highest BCUT2D eigenvalue weighted by Crippen LogP contribution is 2.20. The van der Waals surface area contributed by atoms with Gasteiger partial charge in [0.2, 0.25) is 11.8 Å². The molecule has 0 bridgehead atoms. The van der Waals surface area contributed by atoms with Gasteiger partial charge in [0.1, 0.15) is 6.04 Å². The van der Waals surface area contributed by atoms with Crippen LogP contribution in [0.25, 0.3) is 0 Å². The molecule has 20 nitrogen and oxygen atoms in total. The summed E-state index contributed by atoms with van der Waals surface area (Å²) in [7, 11) is 0. The molecule has 0 spiro atoms. The van der Waals surface area contributed by atoms with Crippen LogP contribution in [-0.4, -0.2) is 81.2 Å². The Morgan fingerprint density at radius 1 is 0.729 bits per heavy atom. The van der Waals surface area contributed by atoms with E-state index in [9.17, 15) is 19.2 Å². The van der Waals surface area contributed by atoms with Gasteiger partial charge in [-0.2, -0.15) is 0 Å². The number of nitrogens with one attached hydrogen (secondary N) is 4. The second kappa shape index (κ2) is 17.6. The van der Waals surface area contributed by atoms with Gasteiger partial charge in [0.25, 0.3) is 11.8 Å². The number of aliphatic imine (C=N–C) groups is 2. The van der Waals surface area contributed by atoms with Crippen LogP contribution in [-0.2, 0) is 9.59 Å². The number of aromatic nitrogens is 4. The monoisotopic (exact) mass is 710 g/mol. The lowest BCUT2D eigenvalue weighted by Gasteiger charge is -2.30. The third-order valence-corrected chi connectivity index (χ3v) is 6.72. The summed E-state index contributed by atoms with van der Waals surface area (Å²) in [6.45, 7) is 6.11. The van der Waals surface area contributed by atoms with Gasteiger partial charge in [0, 0.05) is 26.1 Å². The summed E-state index contributed by atoms with van der Waals surface area (Å²) < 4.78 is 0. The number of carbonyl (C=O) groups excluding carboxylic acids is 4. The van der Waals surface area contributed by atoms with Crippen molar-refractivity contribution in [3.05, 3.63) is 21.7 Å². The Bertz CT molecular complexity index is 1580. The Kier molecular flexibility index (Phi) is 14.3. The average molecular weight is 712 g/mol. The number of hydrogen-bond acceptors (Lipinski definition) is 14. The van der Waals surface area contributed by atoms with E-state index in [4.69, 9.17) is 57.6 Å². The number of amides is 4. The van der Waals surface area contributed by atoms with Crippen molar-refractivity contribution in [3.8, 4) is 0 Å². The van der Waals surface area contributed by atoms with Crippen molar-refractivity contribution in [2.75, 3.05) is 42.6 Å². The maximum atomic E-state index is 12.9. The van der Waals surface area contributed by atoms with Crippen LogP contribution >= 0.6 is 23.2 Å². The minimum atomic E-state index is -0.822. The van der Waals surface area contributed by atoms with E-state index in [2.05, 4.69) is 51.2 Å². The molecule has 0 aliphatic carbocycles. The molecule has 16 N–H and O–H groups in total. The van der Waals surface area contributed by atoms with E-state index >= 15 is 0 Å². The predicted molar refractivity (Wildman–Crippen MR) is 183 cm³/mol. The maximum absolute atomic E-state index is 12.9. The summed E-state index contributed by atoms with van der Waals surface area (Å²) in [5, 5.41) is 9.83. The topological polar surface area (TPSA) is 349 Å². The average Bonchev–Trinajstić information content (AvgIpc) is 2.98. The summed E-state index contributed by atoms with van der Waals surface area (Å²) >= 11 is 11.6. The van der Waals surface area contributed by atoms with Gasteiger partial charge in [0.15, 0.2) is 56.9 Å². The summed E-state index contributed by atoms with van der Waals surface area (Å²) in [5.41, 5.74) is 32.7. The van der Waals surface area contributed by atoms with Crippen molar-refractivity contribution >= 4 is 82.0 Å². The number of halogens is 2. The fourth-order valence-electron chi connectivity index (χ4n) is 3.74. The van der Waals surface area contributed by atoms with Crippen molar-refractivity contribution in [1.82, 2.24) is 41.2 Å². The van der Waals surface area contributed by atoms with Crippen molar-refractivity contribution in [1.29, 1.82) is 0 Å². The first-order valence-corrected chi connectivity index (χ1v) is 15.1. The highest BCUT2D eigenvalue weighted by atomic mass is 35.5. The van der Waals surface area contributed by atoms with Crippen molar-refractivity contribution < 1.29 is 19.2 Å². The zero-order valence-electron chi connectivity index (χ0n) is 26.6. The number of unbranched alkanes of at least 4 members (excludes halogenated alkanes) is 1. The number of nitrogens with zero attached hydrogens (tertiary/aromatic N) is 6. The van der Waals surface area contributed by atoms with Gasteiger partial charge in [0.05, 0.1) is 0 Å². The first-order chi connectivity index (χ1) is 22.4. The Hall–Kier alpha value is -5.24. The fourth-order valence-corrected chi connectivity index (χ4v) is 4.00. The second-order valence-corrected chi connectivity index (χ2v) is 11.9. The van der Waals surface area contributed by atoms with E-state index in [1.54, 1.807) is 0 Å². The number of rotatable bonds is 13. The lowest BCUT2D eigenvalue weighted by atomic mass is 9.86. The molecule has 22 heteroatoms. The van der Waals surface area contributed by atoms with E-state index in [0.717, 1.165) is 0 Å². The van der Waals surface area contributed by atoms with Crippen molar-refractivity contribution in [2.24, 2.45) is 26.9 Å². The minimum absolute atomic E-state index is 0.0388. The number of nitrogens with two attached hydrogens (primary N) is 6. The van der Waals surface area contributed by atoms with E-state index in [1.165, 1.54) is 0 Å². The van der Waals surface area contributed by atoms with Crippen LogP contribution in [0.15, 0.2) is 9.98 Å². The largest absolute Gasteiger partial charge is 0.382 e. The summed E-state index contributed by atoms with van der Waals surface area (Å²) in [6.07, 6.45) is 1.37. The zero-order valence-corrected chi connectivity index (χ0v) is 28.1. The van der Waals surface area contributed by atoms with Gasteiger partial charge < -0.3 is 45.0 Å². The quantitative estimate of drug-likeness (QED) is 0.0670. The highest BCUT2D eigenvalue weighted by Gasteiger charge is 2.32. The van der Waals surface area contributed by atoms with E-state index in [1.807, 2.05) is 20.8 Å².